The Hall–Kier alpha value is -2.15. The molecule has 0 unspecified atom stereocenters. The van der Waals surface area contributed by atoms with Crippen LogP contribution in [0.25, 0.3) is 0 Å². The maximum absolute atomic E-state index is 12.1. The van der Waals surface area contributed by atoms with Crippen molar-refractivity contribution >= 4 is 28.3 Å². The molecular formula is C16H19N3O3S. The van der Waals surface area contributed by atoms with Crippen molar-refractivity contribution < 1.29 is 14.0 Å². The van der Waals surface area contributed by atoms with E-state index in [1.807, 2.05) is 24.4 Å². The topological polar surface area (TPSA) is 75.4 Å². The van der Waals surface area contributed by atoms with Crippen molar-refractivity contribution in [2.24, 2.45) is 0 Å². The van der Waals surface area contributed by atoms with Crippen LogP contribution in [-0.4, -0.2) is 29.4 Å². The molecule has 0 saturated carbocycles. The fourth-order valence-electron chi connectivity index (χ4n) is 2.62. The first-order valence-electron chi connectivity index (χ1n) is 7.68. The Bertz CT molecular complexity index is 681. The van der Waals surface area contributed by atoms with Crippen molar-refractivity contribution in [3.05, 3.63) is 35.2 Å². The molecule has 1 atom stereocenters. The van der Waals surface area contributed by atoms with E-state index in [4.69, 9.17) is 4.42 Å². The minimum atomic E-state index is -0.0753. The summed E-state index contributed by atoms with van der Waals surface area (Å²) in [5.41, 5.74) is 0.701. The number of hydrogen-bond donors (Lipinski definition) is 1. The van der Waals surface area contributed by atoms with Crippen LogP contribution >= 0.6 is 11.3 Å². The number of thiazole rings is 1. The molecule has 1 saturated heterocycles. The SMILES string of the molecule is C[C@H](Cc1ccco1)NC(=O)Cc1csc(N2CCCC2=O)n1. The molecule has 2 aromatic rings. The van der Waals surface area contributed by atoms with Gasteiger partial charge >= 0.3 is 0 Å². The van der Waals surface area contributed by atoms with Gasteiger partial charge in [-0.15, -0.1) is 11.3 Å². The maximum atomic E-state index is 12.1. The molecule has 3 heterocycles. The van der Waals surface area contributed by atoms with Gasteiger partial charge in [-0.2, -0.15) is 0 Å². The lowest BCUT2D eigenvalue weighted by Crippen LogP contribution is -2.35. The number of rotatable bonds is 6. The van der Waals surface area contributed by atoms with Gasteiger partial charge in [0, 0.05) is 30.8 Å². The number of nitrogens with one attached hydrogen (secondary N) is 1. The average Bonchev–Trinajstić information content (AvgIpc) is 3.20. The third kappa shape index (κ3) is 3.98. The van der Waals surface area contributed by atoms with Crippen molar-refractivity contribution in [3.63, 3.8) is 0 Å². The summed E-state index contributed by atoms with van der Waals surface area (Å²) in [5, 5.41) is 5.48. The summed E-state index contributed by atoms with van der Waals surface area (Å²) in [4.78, 5) is 29.9. The molecule has 0 bridgehead atoms. The Morgan fingerprint density at radius 2 is 2.43 bits per heavy atom. The van der Waals surface area contributed by atoms with E-state index in [1.54, 1.807) is 11.2 Å². The van der Waals surface area contributed by atoms with Gasteiger partial charge in [-0.1, -0.05) is 0 Å². The summed E-state index contributed by atoms with van der Waals surface area (Å²) >= 11 is 1.41. The number of carbonyl (C=O) groups excluding carboxylic acids is 2. The number of nitrogens with zero attached hydrogens (tertiary/aromatic N) is 2. The molecule has 0 radical (unpaired) electrons. The van der Waals surface area contributed by atoms with E-state index >= 15 is 0 Å². The third-order valence-corrected chi connectivity index (χ3v) is 4.59. The summed E-state index contributed by atoms with van der Waals surface area (Å²) in [6.45, 7) is 2.66. The summed E-state index contributed by atoms with van der Waals surface area (Å²) in [7, 11) is 0. The second kappa shape index (κ2) is 6.95. The molecule has 2 amide bonds. The van der Waals surface area contributed by atoms with E-state index in [0.29, 0.717) is 23.7 Å². The maximum Gasteiger partial charge on any atom is 0.228 e. The third-order valence-electron chi connectivity index (χ3n) is 3.68. The molecule has 2 aromatic heterocycles. The van der Waals surface area contributed by atoms with E-state index in [2.05, 4.69) is 10.3 Å². The summed E-state index contributed by atoms with van der Waals surface area (Å²) in [5.74, 6) is 0.886. The molecule has 0 aromatic carbocycles. The van der Waals surface area contributed by atoms with E-state index < -0.39 is 0 Å². The smallest absolute Gasteiger partial charge is 0.228 e. The van der Waals surface area contributed by atoms with Crippen LogP contribution in [0.3, 0.4) is 0 Å². The zero-order valence-corrected chi connectivity index (χ0v) is 13.8. The molecular weight excluding hydrogens is 314 g/mol. The van der Waals surface area contributed by atoms with Crippen LogP contribution in [0.1, 0.15) is 31.2 Å². The Labute approximate surface area is 138 Å². The van der Waals surface area contributed by atoms with Crippen LogP contribution in [-0.2, 0) is 22.4 Å². The van der Waals surface area contributed by atoms with Crippen molar-refractivity contribution in [1.29, 1.82) is 0 Å². The first-order valence-corrected chi connectivity index (χ1v) is 8.56. The van der Waals surface area contributed by atoms with Crippen molar-refractivity contribution in [2.45, 2.75) is 38.6 Å². The van der Waals surface area contributed by atoms with E-state index in [9.17, 15) is 9.59 Å². The van der Waals surface area contributed by atoms with Gasteiger partial charge in [-0.25, -0.2) is 4.98 Å². The average molecular weight is 333 g/mol. The van der Waals surface area contributed by atoms with Gasteiger partial charge in [0.1, 0.15) is 5.76 Å². The van der Waals surface area contributed by atoms with Crippen molar-refractivity contribution in [1.82, 2.24) is 10.3 Å². The molecule has 1 aliphatic rings. The number of amides is 2. The van der Waals surface area contributed by atoms with Crippen LogP contribution in [0.5, 0.6) is 0 Å². The molecule has 23 heavy (non-hydrogen) atoms. The Balaban J connectivity index is 1.51. The van der Waals surface area contributed by atoms with Crippen LogP contribution in [0.2, 0.25) is 0 Å². The minimum absolute atomic E-state index is 0.00749. The highest BCUT2D eigenvalue weighted by Crippen LogP contribution is 2.25. The predicted molar refractivity (Wildman–Crippen MR) is 87.4 cm³/mol. The van der Waals surface area contributed by atoms with Gasteiger partial charge in [0.25, 0.3) is 0 Å². The molecule has 7 heteroatoms. The largest absolute Gasteiger partial charge is 0.469 e. The second-order valence-corrected chi connectivity index (χ2v) is 6.54. The van der Waals surface area contributed by atoms with Gasteiger partial charge in [0.15, 0.2) is 5.13 Å². The summed E-state index contributed by atoms with van der Waals surface area (Å²) in [6, 6.07) is 3.72. The van der Waals surface area contributed by atoms with Gasteiger partial charge < -0.3 is 9.73 Å². The Kier molecular flexibility index (Phi) is 4.76. The molecule has 0 spiro atoms. The predicted octanol–water partition coefficient (Wildman–Crippen LogP) is 2.15. The normalized spacial score (nSPS) is 15.9. The highest BCUT2D eigenvalue weighted by molar-refractivity contribution is 7.14. The van der Waals surface area contributed by atoms with Crippen molar-refractivity contribution in [2.75, 3.05) is 11.4 Å². The zero-order chi connectivity index (χ0) is 16.2. The van der Waals surface area contributed by atoms with Crippen LogP contribution in [0.15, 0.2) is 28.2 Å². The van der Waals surface area contributed by atoms with Gasteiger partial charge in [0.05, 0.1) is 18.4 Å². The summed E-state index contributed by atoms with van der Waals surface area (Å²) < 4.78 is 5.27. The van der Waals surface area contributed by atoms with E-state index in [0.717, 1.165) is 18.7 Å². The lowest BCUT2D eigenvalue weighted by molar-refractivity contribution is -0.121. The van der Waals surface area contributed by atoms with Crippen LogP contribution in [0.4, 0.5) is 5.13 Å². The van der Waals surface area contributed by atoms with Crippen LogP contribution < -0.4 is 10.2 Å². The standard InChI is InChI=1S/C16H19N3O3S/c1-11(8-13-4-3-7-22-13)17-14(20)9-12-10-23-16(18-12)19-6-2-5-15(19)21/h3-4,7,10-11H,2,5-6,8-9H2,1H3,(H,17,20)/t11-/m1/s1. The Morgan fingerprint density at radius 1 is 1.57 bits per heavy atom. The highest BCUT2D eigenvalue weighted by atomic mass is 32.1. The molecule has 1 aliphatic heterocycles. The number of carbonyl (C=O) groups is 2. The monoisotopic (exact) mass is 333 g/mol. The van der Waals surface area contributed by atoms with Gasteiger partial charge in [-0.3, -0.25) is 14.5 Å². The second-order valence-electron chi connectivity index (χ2n) is 5.70. The van der Waals surface area contributed by atoms with Gasteiger partial charge in [-0.05, 0) is 25.5 Å². The lowest BCUT2D eigenvalue weighted by Gasteiger charge is -2.12. The number of aromatic nitrogens is 1. The first kappa shape index (κ1) is 15.7. The number of hydrogen-bond acceptors (Lipinski definition) is 5. The first-order chi connectivity index (χ1) is 11.1. The highest BCUT2D eigenvalue weighted by Gasteiger charge is 2.24. The zero-order valence-electron chi connectivity index (χ0n) is 12.9. The van der Waals surface area contributed by atoms with E-state index in [-0.39, 0.29) is 24.3 Å². The molecule has 6 nitrogen and oxygen atoms in total. The molecule has 1 N–H and O–H groups in total. The fourth-order valence-corrected chi connectivity index (χ4v) is 3.49. The number of anilines is 1. The fraction of sp³-hybridized carbons (Fsp3) is 0.438. The summed E-state index contributed by atoms with van der Waals surface area (Å²) in [6.07, 6.45) is 3.96. The molecule has 122 valence electrons. The lowest BCUT2D eigenvalue weighted by atomic mass is 10.2. The molecule has 1 fully saturated rings. The van der Waals surface area contributed by atoms with E-state index in [1.165, 1.54) is 11.3 Å². The minimum Gasteiger partial charge on any atom is -0.469 e. The quantitative estimate of drug-likeness (QED) is 0.879. The molecule has 0 aliphatic carbocycles. The van der Waals surface area contributed by atoms with Gasteiger partial charge in [0.2, 0.25) is 11.8 Å². The van der Waals surface area contributed by atoms with Crippen LogP contribution in [0, 0.1) is 0 Å². The number of furan rings is 1. The van der Waals surface area contributed by atoms with Crippen molar-refractivity contribution in [3.8, 4) is 0 Å². The Morgan fingerprint density at radius 3 is 3.13 bits per heavy atom. The molecule has 3 rings (SSSR count).